The lowest BCUT2D eigenvalue weighted by Crippen LogP contribution is -2.03. The van der Waals surface area contributed by atoms with Crippen LogP contribution in [0.15, 0.2) is 18.5 Å². The molecule has 0 aliphatic rings. The molecule has 2 aromatic rings. The van der Waals surface area contributed by atoms with Crippen molar-refractivity contribution in [3.05, 3.63) is 29.6 Å². The van der Waals surface area contributed by atoms with Crippen molar-refractivity contribution in [3.63, 3.8) is 0 Å². The van der Waals surface area contributed by atoms with Gasteiger partial charge in [-0.3, -0.25) is 0 Å². The van der Waals surface area contributed by atoms with Crippen LogP contribution in [-0.2, 0) is 0 Å². The minimum absolute atomic E-state index is 0.539. The molecule has 1 aromatic carbocycles. The Morgan fingerprint density at radius 1 is 1.25 bits per heavy atom. The smallest absolute Gasteiger partial charge is 0.0960 e. The van der Waals surface area contributed by atoms with Gasteiger partial charge in [0, 0.05) is 6.04 Å². The molecule has 0 aliphatic heterocycles. The third kappa shape index (κ3) is 1.84. The van der Waals surface area contributed by atoms with Gasteiger partial charge in [0.05, 0.1) is 17.4 Å². The van der Waals surface area contributed by atoms with Crippen molar-refractivity contribution in [2.75, 3.05) is 0 Å². The molecule has 16 heavy (non-hydrogen) atoms. The molecule has 0 fully saturated rings. The first-order valence-electron chi connectivity index (χ1n) is 6.07. The van der Waals surface area contributed by atoms with Gasteiger partial charge in [0.2, 0.25) is 0 Å². The van der Waals surface area contributed by atoms with Crippen LogP contribution in [0.4, 0.5) is 0 Å². The standard InChI is InChI=1S/C14H20N2/c1-5-6-12(4)16-9-15-13-7-10(2)11(3)8-14(13)16/h7-9,12H,5-6H2,1-4H3. The number of aryl methyl sites for hydroxylation is 2. The molecule has 0 radical (unpaired) electrons. The molecular weight excluding hydrogens is 196 g/mol. The maximum atomic E-state index is 4.49. The summed E-state index contributed by atoms with van der Waals surface area (Å²) in [5.74, 6) is 0. The fourth-order valence-corrected chi connectivity index (χ4v) is 2.19. The van der Waals surface area contributed by atoms with E-state index >= 15 is 0 Å². The van der Waals surface area contributed by atoms with Crippen LogP contribution in [0.25, 0.3) is 11.0 Å². The maximum absolute atomic E-state index is 4.49. The molecule has 1 unspecified atom stereocenters. The summed E-state index contributed by atoms with van der Waals surface area (Å²) in [6, 6.07) is 4.97. The largest absolute Gasteiger partial charge is 0.328 e. The van der Waals surface area contributed by atoms with Gasteiger partial charge < -0.3 is 4.57 Å². The molecule has 0 saturated heterocycles. The molecule has 0 spiro atoms. The summed E-state index contributed by atoms with van der Waals surface area (Å²) in [7, 11) is 0. The number of aromatic nitrogens is 2. The number of rotatable bonds is 3. The summed E-state index contributed by atoms with van der Waals surface area (Å²) < 4.78 is 2.30. The number of nitrogens with zero attached hydrogens (tertiary/aromatic N) is 2. The zero-order valence-corrected chi connectivity index (χ0v) is 10.6. The van der Waals surface area contributed by atoms with Crippen LogP contribution in [0.3, 0.4) is 0 Å². The zero-order chi connectivity index (χ0) is 11.7. The third-order valence-corrected chi connectivity index (χ3v) is 3.37. The minimum Gasteiger partial charge on any atom is -0.328 e. The van der Waals surface area contributed by atoms with E-state index in [9.17, 15) is 0 Å². The quantitative estimate of drug-likeness (QED) is 0.758. The van der Waals surface area contributed by atoms with Crippen molar-refractivity contribution in [3.8, 4) is 0 Å². The van der Waals surface area contributed by atoms with Crippen molar-refractivity contribution >= 4 is 11.0 Å². The second kappa shape index (κ2) is 4.28. The highest BCUT2D eigenvalue weighted by atomic mass is 15.1. The topological polar surface area (TPSA) is 17.8 Å². The minimum atomic E-state index is 0.539. The molecule has 0 amide bonds. The normalized spacial score (nSPS) is 13.2. The fraction of sp³-hybridized carbons (Fsp3) is 0.500. The Morgan fingerprint density at radius 2 is 1.94 bits per heavy atom. The molecule has 86 valence electrons. The predicted octanol–water partition coefficient (Wildman–Crippen LogP) is 4.01. The maximum Gasteiger partial charge on any atom is 0.0960 e. The average molecular weight is 216 g/mol. The van der Waals surface area contributed by atoms with Crippen molar-refractivity contribution in [2.45, 2.75) is 46.6 Å². The monoisotopic (exact) mass is 216 g/mol. The molecule has 0 bridgehead atoms. The van der Waals surface area contributed by atoms with Gasteiger partial charge in [-0.15, -0.1) is 0 Å². The highest BCUT2D eigenvalue weighted by molar-refractivity contribution is 5.77. The lowest BCUT2D eigenvalue weighted by atomic mass is 10.1. The van der Waals surface area contributed by atoms with Crippen LogP contribution < -0.4 is 0 Å². The van der Waals surface area contributed by atoms with Crippen LogP contribution >= 0.6 is 0 Å². The van der Waals surface area contributed by atoms with Crippen molar-refractivity contribution in [2.24, 2.45) is 0 Å². The van der Waals surface area contributed by atoms with Crippen LogP contribution in [-0.4, -0.2) is 9.55 Å². The second-order valence-corrected chi connectivity index (χ2v) is 4.71. The SMILES string of the molecule is CCCC(C)n1cnc2cc(C)c(C)cc21. The van der Waals surface area contributed by atoms with Crippen LogP contribution in [0.2, 0.25) is 0 Å². The lowest BCUT2D eigenvalue weighted by Gasteiger charge is -2.13. The Hall–Kier alpha value is -1.31. The number of benzene rings is 1. The van der Waals surface area contributed by atoms with E-state index in [2.05, 4.69) is 49.4 Å². The van der Waals surface area contributed by atoms with Gasteiger partial charge >= 0.3 is 0 Å². The molecular formula is C14H20N2. The van der Waals surface area contributed by atoms with Gasteiger partial charge in [-0.25, -0.2) is 4.98 Å². The Balaban J connectivity index is 2.51. The van der Waals surface area contributed by atoms with Crippen LogP contribution in [0, 0.1) is 13.8 Å². The third-order valence-electron chi connectivity index (χ3n) is 3.37. The molecule has 1 atom stereocenters. The highest BCUT2D eigenvalue weighted by Crippen LogP contribution is 2.23. The first-order valence-corrected chi connectivity index (χ1v) is 6.07. The van der Waals surface area contributed by atoms with Gasteiger partial charge in [-0.2, -0.15) is 0 Å². The van der Waals surface area contributed by atoms with E-state index in [1.807, 2.05) is 6.33 Å². The number of hydrogen-bond donors (Lipinski definition) is 0. The molecule has 0 aliphatic carbocycles. The highest BCUT2D eigenvalue weighted by Gasteiger charge is 2.09. The van der Waals surface area contributed by atoms with Crippen molar-refractivity contribution < 1.29 is 0 Å². The van der Waals surface area contributed by atoms with E-state index < -0.39 is 0 Å². The molecule has 2 heteroatoms. The van der Waals surface area contributed by atoms with Gasteiger partial charge in [0.25, 0.3) is 0 Å². The molecule has 1 heterocycles. The van der Waals surface area contributed by atoms with E-state index in [1.54, 1.807) is 0 Å². The Bertz CT molecular complexity index is 497. The predicted molar refractivity (Wildman–Crippen MR) is 68.8 cm³/mol. The number of imidazole rings is 1. The van der Waals surface area contributed by atoms with E-state index in [0.29, 0.717) is 6.04 Å². The fourth-order valence-electron chi connectivity index (χ4n) is 2.19. The van der Waals surface area contributed by atoms with Gasteiger partial charge in [0.1, 0.15) is 0 Å². The Kier molecular flexibility index (Phi) is 2.99. The summed E-state index contributed by atoms with van der Waals surface area (Å²) in [5.41, 5.74) is 5.05. The number of hydrogen-bond acceptors (Lipinski definition) is 1. The van der Waals surface area contributed by atoms with E-state index in [4.69, 9.17) is 0 Å². The van der Waals surface area contributed by atoms with E-state index in [0.717, 1.165) is 5.52 Å². The van der Waals surface area contributed by atoms with Gasteiger partial charge in [0.15, 0.2) is 0 Å². The molecule has 2 rings (SSSR count). The molecule has 1 aromatic heterocycles. The second-order valence-electron chi connectivity index (χ2n) is 4.71. The average Bonchev–Trinajstić information content (AvgIpc) is 2.62. The summed E-state index contributed by atoms with van der Waals surface area (Å²) in [6.07, 6.45) is 4.40. The van der Waals surface area contributed by atoms with Crippen LogP contribution in [0.5, 0.6) is 0 Å². The molecule has 2 nitrogen and oxygen atoms in total. The first-order chi connectivity index (χ1) is 7.63. The van der Waals surface area contributed by atoms with Gasteiger partial charge in [-0.05, 0) is 50.5 Å². The lowest BCUT2D eigenvalue weighted by molar-refractivity contribution is 0.512. The number of fused-ring (bicyclic) bond motifs is 1. The zero-order valence-electron chi connectivity index (χ0n) is 10.6. The molecule has 0 saturated carbocycles. The van der Waals surface area contributed by atoms with E-state index in [1.165, 1.54) is 29.5 Å². The van der Waals surface area contributed by atoms with Crippen molar-refractivity contribution in [1.82, 2.24) is 9.55 Å². The summed E-state index contributed by atoms with van der Waals surface area (Å²) in [4.78, 5) is 4.49. The summed E-state index contributed by atoms with van der Waals surface area (Å²) in [6.45, 7) is 8.80. The Morgan fingerprint density at radius 3 is 2.62 bits per heavy atom. The summed E-state index contributed by atoms with van der Waals surface area (Å²) in [5, 5.41) is 0. The molecule has 0 N–H and O–H groups in total. The summed E-state index contributed by atoms with van der Waals surface area (Å²) >= 11 is 0. The van der Waals surface area contributed by atoms with Gasteiger partial charge in [-0.1, -0.05) is 13.3 Å². The van der Waals surface area contributed by atoms with Crippen LogP contribution in [0.1, 0.15) is 43.9 Å². The first kappa shape index (κ1) is 11.2. The van der Waals surface area contributed by atoms with E-state index in [-0.39, 0.29) is 0 Å². The Labute approximate surface area is 97.3 Å². The van der Waals surface area contributed by atoms with Crippen molar-refractivity contribution in [1.29, 1.82) is 0 Å².